The van der Waals surface area contributed by atoms with Crippen LogP contribution in [0.2, 0.25) is 0 Å². The van der Waals surface area contributed by atoms with Gasteiger partial charge in [0.25, 0.3) is 15.9 Å². The summed E-state index contributed by atoms with van der Waals surface area (Å²) in [5.74, 6) is -1.22. The number of aromatic nitrogens is 2. The zero-order valence-corrected chi connectivity index (χ0v) is 17.7. The van der Waals surface area contributed by atoms with Crippen molar-refractivity contribution in [1.82, 2.24) is 9.59 Å². The van der Waals surface area contributed by atoms with Crippen LogP contribution in [0.5, 0.6) is 0 Å². The van der Waals surface area contributed by atoms with Gasteiger partial charge >= 0.3 is 5.97 Å². The van der Waals surface area contributed by atoms with Crippen molar-refractivity contribution in [1.29, 1.82) is 0 Å². The number of anilines is 2. The second-order valence-electron chi connectivity index (χ2n) is 5.96. The molecular weight excluding hydrogens is 428 g/mol. The minimum absolute atomic E-state index is 0.0390. The van der Waals surface area contributed by atoms with Gasteiger partial charge in [0, 0.05) is 24.1 Å². The quantitative estimate of drug-likeness (QED) is 0.554. The summed E-state index contributed by atoms with van der Waals surface area (Å²) < 4.78 is 35.3. The van der Waals surface area contributed by atoms with Crippen LogP contribution >= 0.6 is 11.5 Å². The van der Waals surface area contributed by atoms with E-state index in [-0.39, 0.29) is 27.8 Å². The summed E-state index contributed by atoms with van der Waals surface area (Å²) in [5.41, 5.74) is 0.641. The Morgan fingerprint density at radius 1 is 1.10 bits per heavy atom. The summed E-state index contributed by atoms with van der Waals surface area (Å²) in [6.07, 6.45) is 0. The van der Waals surface area contributed by atoms with Gasteiger partial charge in [-0.3, -0.25) is 9.10 Å². The van der Waals surface area contributed by atoms with Crippen LogP contribution in [0.25, 0.3) is 0 Å². The Labute approximate surface area is 177 Å². The van der Waals surface area contributed by atoms with E-state index in [1.807, 2.05) is 0 Å². The van der Waals surface area contributed by atoms with Crippen molar-refractivity contribution in [3.63, 3.8) is 0 Å². The molecule has 0 saturated heterocycles. The largest absolute Gasteiger partial charge is 0.461 e. The Balaban J connectivity index is 1.77. The summed E-state index contributed by atoms with van der Waals surface area (Å²) >= 11 is 0.839. The molecule has 2 aromatic carbocycles. The van der Waals surface area contributed by atoms with E-state index in [1.54, 1.807) is 37.3 Å². The molecule has 156 valence electrons. The molecule has 0 unspecified atom stereocenters. The van der Waals surface area contributed by atoms with Gasteiger partial charge in [0.2, 0.25) is 5.69 Å². The maximum absolute atomic E-state index is 12.8. The Morgan fingerprint density at radius 2 is 1.77 bits per heavy atom. The fraction of sp³-hybridized carbons (Fsp3) is 0.158. The number of hydrogen-bond donors (Lipinski definition) is 1. The summed E-state index contributed by atoms with van der Waals surface area (Å²) in [4.78, 5) is 24.4. The predicted octanol–water partition coefficient (Wildman–Crippen LogP) is 2.79. The number of amides is 1. The fourth-order valence-corrected chi connectivity index (χ4v) is 4.24. The molecule has 0 aliphatic rings. The number of nitrogens with one attached hydrogen (secondary N) is 1. The van der Waals surface area contributed by atoms with E-state index >= 15 is 0 Å². The number of carbonyl (C=O) groups is 2. The van der Waals surface area contributed by atoms with Crippen molar-refractivity contribution in [3.8, 4) is 0 Å². The highest BCUT2D eigenvalue weighted by Gasteiger charge is 2.23. The van der Waals surface area contributed by atoms with Crippen LogP contribution in [0.4, 0.5) is 10.7 Å². The van der Waals surface area contributed by atoms with E-state index in [9.17, 15) is 18.0 Å². The van der Waals surface area contributed by atoms with Gasteiger partial charge in [-0.2, -0.15) is 0 Å². The molecule has 0 radical (unpaired) electrons. The number of esters is 1. The predicted molar refractivity (Wildman–Crippen MR) is 112 cm³/mol. The number of nitrogens with zero attached hydrogens (tertiary/aromatic N) is 3. The molecule has 3 rings (SSSR count). The molecule has 3 aromatic rings. The van der Waals surface area contributed by atoms with E-state index in [2.05, 4.69) is 14.9 Å². The maximum atomic E-state index is 12.8. The number of sulfonamides is 1. The van der Waals surface area contributed by atoms with Gasteiger partial charge < -0.3 is 10.1 Å². The zero-order chi connectivity index (χ0) is 21.7. The topological polar surface area (TPSA) is 119 Å². The van der Waals surface area contributed by atoms with E-state index in [0.717, 1.165) is 15.8 Å². The van der Waals surface area contributed by atoms with Crippen molar-refractivity contribution < 1.29 is 22.7 Å². The Morgan fingerprint density at radius 3 is 2.40 bits per heavy atom. The molecule has 0 aliphatic heterocycles. The third kappa shape index (κ3) is 4.47. The molecule has 0 spiro atoms. The first-order valence-corrected chi connectivity index (χ1v) is 11.0. The first kappa shape index (κ1) is 21.4. The van der Waals surface area contributed by atoms with Crippen molar-refractivity contribution >= 4 is 44.1 Å². The van der Waals surface area contributed by atoms with Crippen molar-refractivity contribution in [2.45, 2.75) is 11.8 Å². The van der Waals surface area contributed by atoms with Crippen LogP contribution in [0.1, 0.15) is 27.8 Å². The van der Waals surface area contributed by atoms with E-state index in [1.165, 1.54) is 31.3 Å². The standard InChI is InChI=1S/C19H18N4O5S2/c1-3-28-19(25)16-18(29-22-21-16)20-17(24)13-9-11-15(12-10-13)30(26,27)23(2)14-7-5-4-6-8-14/h4-12H,3H2,1-2H3,(H,20,24). The van der Waals surface area contributed by atoms with E-state index in [4.69, 9.17) is 4.74 Å². The van der Waals surface area contributed by atoms with Gasteiger partial charge in [-0.1, -0.05) is 22.7 Å². The summed E-state index contributed by atoms with van der Waals surface area (Å²) in [6, 6.07) is 14.1. The highest BCUT2D eigenvalue weighted by atomic mass is 32.2. The van der Waals surface area contributed by atoms with Crippen LogP contribution in [-0.4, -0.2) is 43.5 Å². The van der Waals surface area contributed by atoms with Crippen molar-refractivity contribution in [3.05, 3.63) is 65.9 Å². The molecule has 9 nitrogen and oxygen atoms in total. The first-order chi connectivity index (χ1) is 14.3. The van der Waals surface area contributed by atoms with Crippen LogP contribution < -0.4 is 9.62 Å². The number of carbonyl (C=O) groups excluding carboxylic acids is 2. The molecule has 0 atom stereocenters. The fourth-order valence-electron chi connectivity index (χ4n) is 2.49. The van der Waals surface area contributed by atoms with E-state index < -0.39 is 21.9 Å². The monoisotopic (exact) mass is 446 g/mol. The van der Waals surface area contributed by atoms with Gasteiger partial charge in [0.1, 0.15) is 0 Å². The normalized spacial score (nSPS) is 11.0. The minimum atomic E-state index is -3.79. The van der Waals surface area contributed by atoms with Crippen molar-refractivity contribution in [2.75, 3.05) is 23.3 Å². The van der Waals surface area contributed by atoms with Gasteiger partial charge in [0.15, 0.2) is 5.00 Å². The third-order valence-corrected chi connectivity index (χ3v) is 6.52. The van der Waals surface area contributed by atoms with Crippen LogP contribution in [-0.2, 0) is 14.8 Å². The highest BCUT2D eigenvalue weighted by molar-refractivity contribution is 7.92. The number of hydrogen-bond acceptors (Lipinski definition) is 8. The Bertz CT molecular complexity index is 1150. The molecule has 30 heavy (non-hydrogen) atoms. The molecule has 0 aliphatic carbocycles. The number of ether oxygens (including phenoxy) is 1. The Kier molecular flexibility index (Phi) is 6.43. The molecule has 11 heteroatoms. The highest BCUT2D eigenvalue weighted by Crippen LogP contribution is 2.23. The first-order valence-electron chi connectivity index (χ1n) is 8.79. The smallest absolute Gasteiger partial charge is 0.362 e. The zero-order valence-electron chi connectivity index (χ0n) is 16.1. The molecule has 1 amide bonds. The van der Waals surface area contributed by atoms with Gasteiger partial charge in [0.05, 0.1) is 17.2 Å². The third-order valence-electron chi connectivity index (χ3n) is 4.08. The average Bonchev–Trinajstić information content (AvgIpc) is 3.22. The number of para-hydroxylation sites is 1. The van der Waals surface area contributed by atoms with Crippen molar-refractivity contribution in [2.24, 2.45) is 0 Å². The summed E-state index contributed by atoms with van der Waals surface area (Å²) in [7, 11) is -2.33. The number of rotatable bonds is 7. The molecule has 1 N–H and O–H groups in total. The number of benzene rings is 2. The molecule has 0 bridgehead atoms. The lowest BCUT2D eigenvalue weighted by Gasteiger charge is -2.19. The molecule has 1 aromatic heterocycles. The average molecular weight is 447 g/mol. The molecule has 1 heterocycles. The maximum Gasteiger partial charge on any atom is 0.362 e. The second-order valence-corrected chi connectivity index (χ2v) is 8.68. The molecule has 0 fully saturated rings. The van der Waals surface area contributed by atoms with Gasteiger partial charge in [-0.05, 0) is 43.3 Å². The Hall–Kier alpha value is -3.31. The van der Waals surface area contributed by atoms with E-state index in [0.29, 0.717) is 5.69 Å². The lowest BCUT2D eigenvalue weighted by Crippen LogP contribution is -2.26. The minimum Gasteiger partial charge on any atom is -0.461 e. The van der Waals surface area contributed by atoms with Crippen LogP contribution in [0.15, 0.2) is 59.5 Å². The van der Waals surface area contributed by atoms with Crippen LogP contribution in [0, 0.1) is 0 Å². The van der Waals surface area contributed by atoms with Gasteiger partial charge in [-0.25, -0.2) is 13.2 Å². The van der Waals surface area contributed by atoms with Crippen LogP contribution in [0.3, 0.4) is 0 Å². The molecule has 0 saturated carbocycles. The summed E-state index contributed by atoms with van der Waals surface area (Å²) in [6.45, 7) is 1.82. The van der Waals surface area contributed by atoms with Gasteiger partial charge in [-0.15, -0.1) is 5.10 Å². The lowest BCUT2D eigenvalue weighted by atomic mass is 10.2. The SMILES string of the molecule is CCOC(=O)c1nnsc1NC(=O)c1ccc(S(=O)(=O)N(C)c2ccccc2)cc1. The lowest BCUT2D eigenvalue weighted by molar-refractivity contribution is 0.0520. The molecular formula is C19H18N4O5S2. The summed E-state index contributed by atoms with van der Waals surface area (Å²) in [5, 5.41) is 6.37. The second kappa shape index (κ2) is 9.01.